The molecule has 11 heteroatoms. The van der Waals surface area contributed by atoms with Crippen LogP contribution in [0, 0.1) is 0 Å². The van der Waals surface area contributed by atoms with Gasteiger partial charge in [-0.25, -0.2) is 24.7 Å². The van der Waals surface area contributed by atoms with Crippen LogP contribution < -0.4 is 10.6 Å². The van der Waals surface area contributed by atoms with Gasteiger partial charge in [0.2, 0.25) is 11.9 Å². The van der Waals surface area contributed by atoms with E-state index in [-0.39, 0.29) is 11.9 Å². The van der Waals surface area contributed by atoms with Crippen LogP contribution in [0.25, 0.3) is 21.9 Å². The Labute approximate surface area is 207 Å². The molecule has 1 aliphatic heterocycles. The van der Waals surface area contributed by atoms with Crippen LogP contribution in [0.1, 0.15) is 20.8 Å². The largest absolute Gasteiger partial charge is 0.443 e. The molecule has 0 spiro atoms. The van der Waals surface area contributed by atoms with Gasteiger partial charge in [0.25, 0.3) is 0 Å². The molecule has 1 aliphatic rings. The Kier molecular flexibility index (Phi) is 5.75. The molecule has 11 nitrogen and oxygen atoms in total. The summed E-state index contributed by atoms with van der Waals surface area (Å²) in [7, 11) is 0. The summed E-state index contributed by atoms with van der Waals surface area (Å²) in [4.78, 5) is 43.5. The summed E-state index contributed by atoms with van der Waals surface area (Å²) in [6.07, 6.45) is 5.65. The Morgan fingerprint density at radius 3 is 2.72 bits per heavy atom. The third kappa shape index (κ3) is 4.67. The second-order valence-electron chi connectivity index (χ2n) is 9.50. The number of nitrogens with zero attached hydrogens (tertiary/aromatic N) is 6. The summed E-state index contributed by atoms with van der Waals surface area (Å²) >= 11 is 0. The van der Waals surface area contributed by atoms with Crippen LogP contribution in [0.4, 0.5) is 22.2 Å². The summed E-state index contributed by atoms with van der Waals surface area (Å²) < 4.78 is 6.97. The molecule has 4 aromatic rings. The molecule has 0 radical (unpaired) electrons. The lowest BCUT2D eigenvalue weighted by atomic mass is 10.1. The van der Waals surface area contributed by atoms with E-state index in [0.29, 0.717) is 35.9 Å². The average molecular weight is 487 g/mol. The zero-order valence-corrected chi connectivity index (χ0v) is 20.2. The fourth-order valence-corrected chi connectivity index (χ4v) is 3.90. The number of carbonyl (C=O) groups is 2. The maximum atomic E-state index is 12.5. The van der Waals surface area contributed by atoms with Crippen molar-refractivity contribution in [3.63, 3.8) is 0 Å². The van der Waals surface area contributed by atoms with Crippen molar-refractivity contribution in [1.29, 1.82) is 0 Å². The lowest BCUT2D eigenvalue weighted by Gasteiger charge is -2.38. The van der Waals surface area contributed by atoms with E-state index < -0.39 is 11.7 Å². The van der Waals surface area contributed by atoms with Gasteiger partial charge in [0.05, 0.1) is 17.8 Å². The molecule has 0 saturated carbocycles. The molecular formula is C25H26N8O3. The minimum atomic E-state index is -0.583. The van der Waals surface area contributed by atoms with Crippen molar-refractivity contribution in [3.05, 3.63) is 55.6 Å². The smallest absolute Gasteiger partial charge is 0.418 e. The van der Waals surface area contributed by atoms with Crippen LogP contribution in [0.15, 0.2) is 55.6 Å². The van der Waals surface area contributed by atoms with E-state index in [1.165, 1.54) is 17.0 Å². The normalized spacial score (nSPS) is 13.9. The Bertz CT molecular complexity index is 1480. The summed E-state index contributed by atoms with van der Waals surface area (Å²) in [5, 5.41) is 7.40. The number of aromatic nitrogens is 5. The van der Waals surface area contributed by atoms with Crippen LogP contribution in [0.5, 0.6) is 0 Å². The van der Waals surface area contributed by atoms with Crippen LogP contribution >= 0.6 is 0 Å². The van der Waals surface area contributed by atoms with Gasteiger partial charge in [-0.3, -0.25) is 9.36 Å². The highest BCUT2D eigenvalue weighted by molar-refractivity contribution is 5.93. The molecule has 1 aromatic carbocycles. The molecule has 1 amide bonds. The zero-order chi connectivity index (χ0) is 25.4. The molecule has 0 bridgehead atoms. The van der Waals surface area contributed by atoms with Gasteiger partial charge in [0.15, 0.2) is 5.82 Å². The van der Waals surface area contributed by atoms with Crippen molar-refractivity contribution >= 4 is 51.4 Å². The highest BCUT2D eigenvalue weighted by Gasteiger charge is 2.29. The Hall–Kier alpha value is -4.54. The summed E-state index contributed by atoms with van der Waals surface area (Å²) in [6, 6.07) is 7.54. The van der Waals surface area contributed by atoms with E-state index in [2.05, 4.69) is 37.1 Å². The molecule has 3 aromatic heterocycles. The number of hydrogen-bond donors (Lipinski definition) is 2. The van der Waals surface area contributed by atoms with Crippen LogP contribution in [-0.4, -0.2) is 66.1 Å². The third-order valence-electron chi connectivity index (χ3n) is 5.62. The minimum Gasteiger partial charge on any atom is -0.443 e. The van der Waals surface area contributed by atoms with E-state index >= 15 is 0 Å². The Morgan fingerprint density at radius 2 is 1.97 bits per heavy atom. The number of nitrogens with one attached hydrogen (secondary N) is 2. The first-order valence-electron chi connectivity index (χ1n) is 11.5. The number of rotatable bonds is 5. The van der Waals surface area contributed by atoms with Gasteiger partial charge in [-0.15, -0.1) is 0 Å². The number of carbonyl (C=O) groups excluding carboxylic acids is 2. The topological polar surface area (TPSA) is 127 Å². The lowest BCUT2D eigenvalue weighted by Crippen LogP contribution is -2.56. The standard InChI is InChI=1S/C25H26N8O3/c1-5-20(34)32-12-17(13-32)30-23-26-11-18-21(31-23)22(28-14-27-18)29-16-6-7-19-15(10-16)8-9-33(19)24(35)36-25(2,3)4/h5-11,14,17H,1,12-13H2,2-4H3,(H,26,30,31)(H,27,28,29). The van der Waals surface area contributed by atoms with Crippen molar-refractivity contribution in [2.24, 2.45) is 0 Å². The van der Waals surface area contributed by atoms with Crippen molar-refractivity contribution in [1.82, 2.24) is 29.4 Å². The van der Waals surface area contributed by atoms with E-state index in [1.54, 1.807) is 17.3 Å². The van der Waals surface area contributed by atoms with Gasteiger partial charge in [-0.1, -0.05) is 6.58 Å². The van der Waals surface area contributed by atoms with Crippen LogP contribution in [0.2, 0.25) is 0 Å². The quantitative estimate of drug-likeness (QED) is 0.406. The maximum absolute atomic E-state index is 12.5. The molecule has 184 valence electrons. The first-order chi connectivity index (χ1) is 17.2. The van der Waals surface area contributed by atoms with Gasteiger partial charge < -0.3 is 20.3 Å². The number of hydrogen-bond acceptors (Lipinski definition) is 9. The summed E-state index contributed by atoms with van der Waals surface area (Å²) in [5.41, 5.74) is 2.07. The second kappa shape index (κ2) is 8.91. The highest BCUT2D eigenvalue weighted by Crippen LogP contribution is 2.26. The molecule has 0 aliphatic carbocycles. The van der Waals surface area contributed by atoms with Crippen LogP contribution in [0.3, 0.4) is 0 Å². The van der Waals surface area contributed by atoms with E-state index in [1.807, 2.05) is 45.0 Å². The lowest BCUT2D eigenvalue weighted by molar-refractivity contribution is -0.129. The zero-order valence-electron chi connectivity index (χ0n) is 20.2. The Morgan fingerprint density at radius 1 is 1.17 bits per heavy atom. The molecule has 0 atom stereocenters. The van der Waals surface area contributed by atoms with E-state index in [4.69, 9.17) is 4.74 Å². The van der Waals surface area contributed by atoms with Crippen molar-refractivity contribution in [3.8, 4) is 0 Å². The van der Waals surface area contributed by atoms with Crippen molar-refractivity contribution in [2.75, 3.05) is 23.7 Å². The Balaban J connectivity index is 1.35. The molecular weight excluding hydrogens is 460 g/mol. The fraction of sp³-hybridized carbons (Fsp3) is 0.280. The SMILES string of the molecule is C=CC(=O)N1CC(Nc2ncc3ncnc(Nc4ccc5c(ccn5C(=O)OC(C)(C)C)c4)c3n2)C1. The number of ether oxygens (including phenoxy) is 1. The van der Waals surface area contributed by atoms with Gasteiger partial charge in [0.1, 0.15) is 23.0 Å². The molecule has 0 unspecified atom stereocenters. The van der Waals surface area contributed by atoms with Crippen LogP contribution in [-0.2, 0) is 9.53 Å². The molecule has 36 heavy (non-hydrogen) atoms. The maximum Gasteiger partial charge on any atom is 0.418 e. The molecule has 4 heterocycles. The fourth-order valence-electron chi connectivity index (χ4n) is 3.90. The van der Waals surface area contributed by atoms with Gasteiger partial charge in [-0.2, -0.15) is 0 Å². The molecule has 5 rings (SSSR count). The monoisotopic (exact) mass is 486 g/mol. The molecule has 2 N–H and O–H groups in total. The number of anilines is 3. The average Bonchev–Trinajstić information content (AvgIpc) is 3.23. The van der Waals surface area contributed by atoms with Crippen molar-refractivity contribution < 1.29 is 14.3 Å². The highest BCUT2D eigenvalue weighted by atomic mass is 16.6. The molecule has 1 saturated heterocycles. The van der Waals surface area contributed by atoms with E-state index in [9.17, 15) is 9.59 Å². The van der Waals surface area contributed by atoms with Gasteiger partial charge >= 0.3 is 6.09 Å². The molecule has 1 fully saturated rings. The number of likely N-dealkylation sites (tertiary alicyclic amines) is 1. The van der Waals surface area contributed by atoms with Gasteiger partial charge in [-0.05, 0) is 51.1 Å². The minimum absolute atomic E-state index is 0.0591. The number of fused-ring (bicyclic) bond motifs is 2. The second-order valence-corrected chi connectivity index (χ2v) is 9.50. The van der Waals surface area contributed by atoms with E-state index in [0.717, 1.165) is 16.6 Å². The summed E-state index contributed by atoms with van der Waals surface area (Å²) in [5.74, 6) is 0.861. The predicted octanol–water partition coefficient (Wildman–Crippen LogP) is 3.71. The third-order valence-corrected chi connectivity index (χ3v) is 5.62. The number of benzene rings is 1. The van der Waals surface area contributed by atoms with Gasteiger partial charge in [0, 0.05) is 30.4 Å². The number of amides is 1. The first-order valence-corrected chi connectivity index (χ1v) is 11.5. The van der Waals surface area contributed by atoms with Crippen molar-refractivity contribution in [2.45, 2.75) is 32.4 Å². The first kappa shape index (κ1) is 23.2. The summed E-state index contributed by atoms with van der Waals surface area (Å²) in [6.45, 7) is 10.1. The predicted molar refractivity (Wildman–Crippen MR) is 136 cm³/mol.